The van der Waals surface area contributed by atoms with Crippen molar-refractivity contribution >= 4 is 6.29 Å². The van der Waals surface area contributed by atoms with Crippen LogP contribution in [-0.2, 0) is 6.54 Å². The summed E-state index contributed by atoms with van der Waals surface area (Å²) in [7, 11) is 0. The van der Waals surface area contributed by atoms with Gasteiger partial charge in [0.1, 0.15) is 5.69 Å². The Morgan fingerprint density at radius 3 is 2.44 bits per heavy atom. The van der Waals surface area contributed by atoms with Gasteiger partial charge in [-0.1, -0.05) is 0 Å². The van der Waals surface area contributed by atoms with Crippen molar-refractivity contribution < 1.29 is 31.5 Å². The van der Waals surface area contributed by atoms with E-state index in [-0.39, 0.29) is 11.8 Å². The van der Waals surface area contributed by atoms with E-state index in [9.17, 15) is 26.7 Å². The van der Waals surface area contributed by atoms with Gasteiger partial charge in [0.2, 0.25) is 5.88 Å². The van der Waals surface area contributed by atoms with E-state index in [0.29, 0.717) is 6.07 Å². The van der Waals surface area contributed by atoms with Crippen molar-refractivity contribution in [2.24, 2.45) is 5.73 Å². The third-order valence-electron chi connectivity index (χ3n) is 1.94. The monoisotopic (exact) mass is 270 g/mol. The van der Waals surface area contributed by atoms with Gasteiger partial charge >= 0.3 is 6.36 Å². The first-order valence-corrected chi connectivity index (χ1v) is 4.51. The highest BCUT2D eigenvalue weighted by atomic mass is 19.4. The van der Waals surface area contributed by atoms with Gasteiger partial charge < -0.3 is 10.5 Å². The summed E-state index contributed by atoms with van der Waals surface area (Å²) in [6.07, 6.45) is -8.14. The molecule has 0 bridgehead atoms. The van der Waals surface area contributed by atoms with Crippen LogP contribution in [0, 0.1) is 0 Å². The highest BCUT2D eigenvalue weighted by Gasteiger charge is 2.33. The summed E-state index contributed by atoms with van der Waals surface area (Å²) >= 11 is 0. The number of nitrogens with two attached hydrogens (primary N) is 1. The number of hydrogen-bond donors (Lipinski definition) is 1. The van der Waals surface area contributed by atoms with E-state index in [2.05, 4.69) is 9.72 Å². The molecule has 0 saturated carbocycles. The molecule has 1 aromatic rings. The van der Waals surface area contributed by atoms with Gasteiger partial charge in [0.15, 0.2) is 6.29 Å². The Hall–Kier alpha value is -1.77. The molecule has 4 nitrogen and oxygen atoms in total. The first kappa shape index (κ1) is 14.3. The SMILES string of the molecule is NCc1c(C(F)F)cc(OC(F)(F)F)nc1C=O. The Morgan fingerprint density at radius 1 is 1.44 bits per heavy atom. The van der Waals surface area contributed by atoms with E-state index in [1.54, 1.807) is 0 Å². The Balaban J connectivity index is 3.32. The smallest absolute Gasteiger partial charge is 0.388 e. The predicted molar refractivity (Wildman–Crippen MR) is 49.2 cm³/mol. The van der Waals surface area contributed by atoms with Gasteiger partial charge in [-0.25, -0.2) is 13.8 Å². The van der Waals surface area contributed by atoms with Crippen LogP contribution in [0.15, 0.2) is 6.07 Å². The van der Waals surface area contributed by atoms with E-state index in [0.717, 1.165) is 0 Å². The summed E-state index contributed by atoms with van der Waals surface area (Å²) in [5.41, 5.74) is 3.42. The normalized spacial score (nSPS) is 11.7. The number of carbonyl (C=O) groups excluding carboxylic acids is 1. The molecule has 100 valence electrons. The molecule has 1 rings (SSSR count). The Labute approximate surface area is 97.6 Å². The van der Waals surface area contributed by atoms with Crippen molar-refractivity contribution in [1.82, 2.24) is 4.98 Å². The second-order valence-corrected chi connectivity index (χ2v) is 3.08. The Bertz CT molecular complexity index is 447. The summed E-state index contributed by atoms with van der Waals surface area (Å²) in [5, 5.41) is 0. The molecule has 9 heteroatoms. The summed E-state index contributed by atoms with van der Waals surface area (Å²) in [4.78, 5) is 13.7. The minimum Gasteiger partial charge on any atom is -0.388 e. The average Bonchev–Trinajstić information content (AvgIpc) is 2.25. The molecule has 0 aliphatic rings. The lowest BCUT2D eigenvalue weighted by molar-refractivity contribution is -0.276. The number of aromatic nitrogens is 1. The van der Waals surface area contributed by atoms with E-state index in [1.807, 2.05) is 0 Å². The second-order valence-electron chi connectivity index (χ2n) is 3.08. The summed E-state index contributed by atoms with van der Waals surface area (Å²) in [6.45, 7) is -0.451. The molecule has 0 aliphatic carbocycles. The van der Waals surface area contributed by atoms with Crippen LogP contribution in [0.2, 0.25) is 0 Å². The Morgan fingerprint density at radius 2 is 2.06 bits per heavy atom. The van der Waals surface area contributed by atoms with Gasteiger partial charge in [0.25, 0.3) is 6.43 Å². The number of alkyl halides is 5. The van der Waals surface area contributed by atoms with Crippen molar-refractivity contribution in [3.05, 3.63) is 22.9 Å². The second kappa shape index (κ2) is 5.25. The first-order chi connectivity index (χ1) is 8.28. The van der Waals surface area contributed by atoms with Crippen molar-refractivity contribution in [3.63, 3.8) is 0 Å². The van der Waals surface area contributed by atoms with Crippen LogP contribution in [0.3, 0.4) is 0 Å². The molecule has 0 saturated heterocycles. The molecule has 0 unspecified atom stereocenters. The fourth-order valence-corrected chi connectivity index (χ4v) is 1.27. The highest BCUT2D eigenvalue weighted by Crippen LogP contribution is 2.29. The van der Waals surface area contributed by atoms with Crippen molar-refractivity contribution in [2.75, 3.05) is 0 Å². The number of carbonyl (C=O) groups is 1. The first-order valence-electron chi connectivity index (χ1n) is 4.51. The van der Waals surface area contributed by atoms with Crippen molar-refractivity contribution in [2.45, 2.75) is 19.3 Å². The summed E-state index contributed by atoms with van der Waals surface area (Å²) in [6, 6.07) is 0.410. The van der Waals surface area contributed by atoms with Crippen molar-refractivity contribution in [1.29, 1.82) is 0 Å². The maximum atomic E-state index is 12.6. The van der Waals surface area contributed by atoms with Crippen LogP contribution >= 0.6 is 0 Å². The lowest BCUT2D eigenvalue weighted by Crippen LogP contribution is -2.19. The van der Waals surface area contributed by atoms with Gasteiger partial charge in [0.05, 0.1) is 0 Å². The number of rotatable bonds is 4. The fourth-order valence-electron chi connectivity index (χ4n) is 1.27. The lowest BCUT2D eigenvalue weighted by atomic mass is 10.1. The average molecular weight is 270 g/mol. The predicted octanol–water partition coefficient (Wildman–Crippen LogP) is 2.19. The molecular formula is C9H7F5N2O2. The molecule has 0 amide bonds. The maximum Gasteiger partial charge on any atom is 0.574 e. The lowest BCUT2D eigenvalue weighted by Gasteiger charge is -2.13. The number of ether oxygens (including phenoxy) is 1. The zero-order chi connectivity index (χ0) is 13.9. The van der Waals surface area contributed by atoms with Crippen LogP contribution in [0.4, 0.5) is 22.0 Å². The molecule has 1 heterocycles. The molecule has 0 aromatic carbocycles. The van der Waals surface area contributed by atoms with E-state index in [1.165, 1.54) is 0 Å². The number of hydrogen-bond acceptors (Lipinski definition) is 4. The third kappa shape index (κ3) is 3.36. The van der Waals surface area contributed by atoms with Crippen LogP contribution in [0.5, 0.6) is 5.88 Å². The van der Waals surface area contributed by atoms with Crippen LogP contribution < -0.4 is 10.5 Å². The zero-order valence-electron chi connectivity index (χ0n) is 8.67. The zero-order valence-corrected chi connectivity index (χ0v) is 8.67. The number of pyridine rings is 1. The molecule has 0 aliphatic heterocycles. The summed E-state index contributed by atoms with van der Waals surface area (Å²) in [5.74, 6) is -1.13. The quantitative estimate of drug-likeness (QED) is 0.672. The molecule has 0 fully saturated rings. The number of nitrogens with zero attached hydrogens (tertiary/aromatic N) is 1. The van der Waals surface area contributed by atoms with Gasteiger partial charge in [-0.3, -0.25) is 4.79 Å². The van der Waals surface area contributed by atoms with E-state index >= 15 is 0 Å². The summed E-state index contributed by atoms with van der Waals surface area (Å²) < 4.78 is 64.4. The standard InChI is InChI=1S/C9H7F5N2O2/c10-8(11)4-1-7(18-9(12,13)14)16-6(3-17)5(4)2-15/h1,3,8H,2,15H2. The minimum absolute atomic E-state index is 0.0390. The number of halogens is 5. The largest absolute Gasteiger partial charge is 0.574 e. The van der Waals surface area contributed by atoms with E-state index in [4.69, 9.17) is 5.73 Å². The molecule has 2 N–H and O–H groups in total. The van der Waals surface area contributed by atoms with Gasteiger partial charge in [-0.15, -0.1) is 13.2 Å². The van der Waals surface area contributed by atoms with Gasteiger partial charge in [-0.2, -0.15) is 0 Å². The number of aldehydes is 1. The molecule has 0 atom stereocenters. The fraction of sp³-hybridized carbons (Fsp3) is 0.333. The van der Waals surface area contributed by atoms with E-state index < -0.39 is 36.5 Å². The van der Waals surface area contributed by atoms with Crippen molar-refractivity contribution in [3.8, 4) is 5.88 Å². The van der Waals surface area contributed by atoms with Crippen LogP contribution in [0.1, 0.15) is 28.0 Å². The molecule has 0 spiro atoms. The van der Waals surface area contributed by atoms with Crippen LogP contribution in [-0.4, -0.2) is 17.6 Å². The molecule has 0 radical (unpaired) electrons. The minimum atomic E-state index is -5.09. The highest BCUT2D eigenvalue weighted by molar-refractivity contribution is 5.75. The van der Waals surface area contributed by atoms with Gasteiger partial charge in [0, 0.05) is 23.7 Å². The third-order valence-corrected chi connectivity index (χ3v) is 1.94. The van der Waals surface area contributed by atoms with Gasteiger partial charge in [-0.05, 0) is 0 Å². The molecule has 1 aromatic heterocycles. The maximum absolute atomic E-state index is 12.6. The van der Waals surface area contributed by atoms with Crippen LogP contribution in [0.25, 0.3) is 0 Å². The molecular weight excluding hydrogens is 263 g/mol. The molecule has 18 heavy (non-hydrogen) atoms. The topological polar surface area (TPSA) is 65.2 Å². The Kier molecular flexibility index (Phi) is 4.17.